The van der Waals surface area contributed by atoms with Gasteiger partial charge in [0.2, 0.25) is 5.91 Å². The van der Waals surface area contributed by atoms with Gasteiger partial charge in [0.25, 0.3) is 5.91 Å². The molecule has 0 spiro atoms. The van der Waals surface area contributed by atoms with Gasteiger partial charge in [-0.2, -0.15) is 0 Å². The van der Waals surface area contributed by atoms with E-state index < -0.39 is 26.2 Å². The molecular formula is C22H27B2N3O6. The molecule has 2 aliphatic rings. The molecule has 0 saturated carbocycles. The third kappa shape index (κ3) is 5.29. The second-order valence-corrected chi connectivity index (χ2v) is 8.50. The number of nitrogens with two attached hydrogens (primary N) is 2. The molecule has 4 rings (SSSR count). The molecule has 11 heteroatoms. The van der Waals surface area contributed by atoms with Crippen molar-refractivity contribution >= 4 is 37.0 Å². The van der Waals surface area contributed by atoms with Crippen molar-refractivity contribution < 1.29 is 28.9 Å². The average Bonchev–Trinajstić information content (AvgIpc) is 3.37. The molecule has 2 aromatic carbocycles. The van der Waals surface area contributed by atoms with Crippen molar-refractivity contribution in [3.05, 3.63) is 58.7 Å². The van der Waals surface area contributed by atoms with Crippen LogP contribution < -0.4 is 22.4 Å². The molecule has 0 bridgehead atoms. The van der Waals surface area contributed by atoms with Crippen LogP contribution in [0.5, 0.6) is 0 Å². The first kappa shape index (κ1) is 23.5. The fraction of sp³-hybridized carbons (Fsp3) is 0.364. The highest BCUT2D eigenvalue weighted by molar-refractivity contribution is 6.62. The molecule has 2 amide bonds. The van der Waals surface area contributed by atoms with Gasteiger partial charge in [0, 0.05) is 18.7 Å². The van der Waals surface area contributed by atoms with Crippen molar-refractivity contribution in [1.29, 1.82) is 0 Å². The van der Waals surface area contributed by atoms with Crippen molar-refractivity contribution in [3.8, 4) is 0 Å². The van der Waals surface area contributed by atoms with Gasteiger partial charge < -0.3 is 35.7 Å². The number of rotatable bonds is 9. The monoisotopic (exact) mass is 451 g/mol. The van der Waals surface area contributed by atoms with Gasteiger partial charge in [-0.1, -0.05) is 24.3 Å². The molecule has 2 heterocycles. The molecule has 172 valence electrons. The van der Waals surface area contributed by atoms with Gasteiger partial charge in [0.1, 0.15) is 0 Å². The first-order valence-corrected chi connectivity index (χ1v) is 11.0. The second-order valence-electron chi connectivity index (χ2n) is 8.50. The number of hydrogen-bond acceptors (Lipinski definition) is 7. The zero-order valence-corrected chi connectivity index (χ0v) is 18.3. The van der Waals surface area contributed by atoms with E-state index in [1.807, 2.05) is 18.2 Å². The van der Waals surface area contributed by atoms with Gasteiger partial charge in [-0.05, 0) is 59.0 Å². The Bertz CT molecular complexity index is 1050. The lowest BCUT2D eigenvalue weighted by molar-refractivity contribution is -0.119. The van der Waals surface area contributed by atoms with Crippen LogP contribution in [0, 0.1) is 0 Å². The van der Waals surface area contributed by atoms with Crippen LogP contribution in [0.15, 0.2) is 36.4 Å². The zero-order valence-electron chi connectivity index (χ0n) is 18.3. The molecule has 6 N–H and O–H groups in total. The van der Waals surface area contributed by atoms with E-state index in [4.69, 9.17) is 20.8 Å². The van der Waals surface area contributed by atoms with Gasteiger partial charge in [-0.25, -0.2) is 0 Å². The highest BCUT2D eigenvalue weighted by Gasteiger charge is 2.30. The second kappa shape index (κ2) is 10.1. The first-order valence-electron chi connectivity index (χ1n) is 11.0. The lowest BCUT2D eigenvalue weighted by atomic mass is 9.78. The predicted octanol–water partition coefficient (Wildman–Crippen LogP) is -1.25. The molecule has 0 aliphatic carbocycles. The zero-order chi connectivity index (χ0) is 23.5. The number of carbonyl (C=O) groups is 2. The molecule has 2 aliphatic heterocycles. The summed E-state index contributed by atoms with van der Waals surface area (Å²) in [6.07, 6.45) is 1.73. The third-order valence-corrected chi connectivity index (χ3v) is 6.15. The van der Waals surface area contributed by atoms with Crippen molar-refractivity contribution in [2.75, 3.05) is 6.54 Å². The van der Waals surface area contributed by atoms with E-state index in [1.165, 1.54) is 0 Å². The summed E-state index contributed by atoms with van der Waals surface area (Å²) in [4.78, 5) is 26.3. The fourth-order valence-electron chi connectivity index (χ4n) is 4.17. The van der Waals surface area contributed by atoms with E-state index in [9.17, 15) is 19.6 Å². The summed E-state index contributed by atoms with van der Waals surface area (Å²) in [5.74, 6) is -0.728. The number of benzene rings is 2. The summed E-state index contributed by atoms with van der Waals surface area (Å²) in [6.45, 7) is 1.45. The molecule has 33 heavy (non-hydrogen) atoms. The summed E-state index contributed by atoms with van der Waals surface area (Å²) >= 11 is 0. The smallest absolute Gasteiger partial charge is 0.423 e. The minimum atomic E-state index is -1.03. The number of nitrogens with zero attached hydrogens (tertiary/aromatic N) is 1. The van der Waals surface area contributed by atoms with Crippen molar-refractivity contribution in [3.63, 3.8) is 0 Å². The normalized spacial score (nSPS) is 15.4. The Morgan fingerprint density at radius 3 is 2.30 bits per heavy atom. The highest BCUT2D eigenvalue weighted by Crippen LogP contribution is 2.17. The molecule has 0 saturated heterocycles. The van der Waals surface area contributed by atoms with Crippen LogP contribution >= 0.6 is 0 Å². The molecular weight excluding hydrogens is 424 g/mol. The first-order chi connectivity index (χ1) is 15.8. The van der Waals surface area contributed by atoms with Crippen molar-refractivity contribution in [1.82, 2.24) is 4.90 Å². The van der Waals surface area contributed by atoms with Gasteiger partial charge in [0.15, 0.2) is 0 Å². The van der Waals surface area contributed by atoms with Crippen LogP contribution in [0.4, 0.5) is 0 Å². The van der Waals surface area contributed by atoms with Crippen LogP contribution in [0.2, 0.25) is 0 Å². The quantitative estimate of drug-likeness (QED) is 0.275. The largest absolute Gasteiger partial charge is 0.491 e. The Morgan fingerprint density at radius 2 is 1.64 bits per heavy atom. The van der Waals surface area contributed by atoms with Crippen LogP contribution in [-0.4, -0.2) is 53.6 Å². The maximum Gasteiger partial charge on any atom is 0.491 e. The Balaban J connectivity index is 1.51. The Morgan fingerprint density at radius 1 is 1.00 bits per heavy atom. The summed E-state index contributed by atoms with van der Waals surface area (Å²) in [6, 6.07) is 10.2. The van der Waals surface area contributed by atoms with Crippen molar-refractivity contribution in [2.24, 2.45) is 11.5 Å². The van der Waals surface area contributed by atoms with Gasteiger partial charge >= 0.3 is 14.2 Å². The topological polar surface area (TPSA) is 148 Å². The molecule has 2 aromatic rings. The van der Waals surface area contributed by atoms with E-state index >= 15 is 0 Å². The molecule has 1 atom stereocenters. The molecule has 0 aromatic heterocycles. The Kier molecular flexibility index (Phi) is 7.16. The SMILES string of the molecule is NC(=O)C(N)CCCCN(Cc1ccc2c(c1)B(O)OC2)C(=O)c1ccc2c(c1)B(O)OC2. The van der Waals surface area contributed by atoms with Gasteiger partial charge in [-0.3, -0.25) is 9.59 Å². The maximum atomic E-state index is 13.4. The van der Waals surface area contributed by atoms with Crippen LogP contribution in [-0.2, 0) is 33.9 Å². The van der Waals surface area contributed by atoms with E-state index in [-0.39, 0.29) is 5.91 Å². The number of unbranched alkanes of at least 4 members (excludes halogenated alkanes) is 1. The summed E-state index contributed by atoms with van der Waals surface area (Å²) in [5.41, 5.74) is 15.4. The number of amides is 2. The summed E-state index contributed by atoms with van der Waals surface area (Å²) in [5, 5.41) is 20.0. The fourth-order valence-corrected chi connectivity index (χ4v) is 4.17. The number of hydrogen-bond donors (Lipinski definition) is 4. The van der Waals surface area contributed by atoms with E-state index in [1.54, 1.807) is 23.1 Å². The highest BCUT2D eigenvalue weighted by atomic mass is 16.5. The lowest BCUT2D eigenvalue weighted by Crippen LogP contribution is -2.37. The molecule has 1 unspecified atom stereocenters. The standard InChI is InChI=1S/C22H27B2N3O6/c25-20(21(26)28)3-1-2-8-27(11-14-4-5-16-12-32-23(30)18(16)9-14)22(29)15-6-7-17-13-33-24(31)19(17)10-15/h4-7,9-10,20,30-31H,1-3,8,11-13,25H2,(H2,26,28). The maximum absolute atomic E-state index is 13.4. The Hall–Kier alpha value is -2.69. The van der Waals surface area contributed by atoms with Crippen molar-refractivity contribution in [2.45, 2.75) is 45.1 Å². The van der Waals surface area contributed by atoms with Gasteiger partial charge in [0.05, 0.1) is 19.3 Å². The molecule has 9 nitrogen and oxygen atoms in total. The lowest BCUT2D eigenvalue weighted by Gasteiger charge is -2.24. The third-order valence-electron chi connectivity index (χ3n) is 6.15. The van der Waals surface area contributed by atoms with E-state index in [2.05, 4.69) is 0 Å². The minimum Gasteiger partial charge on any atom is -0.423 e. The number of carbonyl (C=O) groups excluding carboxylic acids is 2. The molecule has 0 fully saturated rings. The predicted molar refractivity (Wildman–Crippen MR) is 123 cm³/mol. The average molecular weight is 451 g/mol. The minimum absolute atomic E-state index is 0.187. The van der Waals surface area contributed by atoms with E-state index in [0.29, 0.717) is 62.1 Å². The van der Waals surface area contributed by atoms with Crippen LogP contribution in [0.1, 0.15) is 46.3 Å². The molecule has 0 radical (unpaired) electrons. The summed E-state index contributed by atoms with van der Waals surface area (Å²) in [7, 11) is -1.99. The van der Waals surface area contributed by atoms with Crippen LogP contribution in [0.3, 0.4) is 0 Å². The van der Waals surface area contributed by atoms with Gasteiger partial charge in [-0.15, -0.1) is 0 Å². The van der Waals surface area contributed by atoms with E-state index in [0.717, 1.165) is 16.7 Å². The number of fused-ring (bicyclic) bond motifs is 2. The number of primary amides is 1. The Labute approximate surface area is 192 Å². The van der Waals surface area contributed by atoms with Crippen LogP contribution in [0.25, 0.3) is 0 Å². The summed E-state index contributed by atoms with van der Waals surface area (Å²) < 4.78 is 10.5.